The van der Waals surface area contributed by atoms with Gasteiger partial charge >= 0.3 is 0 Å². The smallest absolute Gasteiger partial charge is 0.144 e. The summed E-state index contributed by atoms with van der Waals surface area (Å²) in [6, 6.07) is 7.01. The summed E-state index contributed by atoms with van der Waals surface area (Å²) in [5.41, 5.74) is 1.29. The fourth-order valence-electron chi connectivity index (χ4n) is 1.75. The van der Waals surface area contributed by atoms with E-state index < -0.39 is 0 Å². The molecule has 0 unspecified atom stereocenters. The van der Waals surface area contributed by atoms with Crippen LogP contribution in [-0.2, 0) is 6.54 Å². The molecule has 1 aliphatic carbocycles. The number of aryl methyl sites for hydroxylation is 1. The molecule has 0 spiro atoms. The van der Waals surface area contributed by atoms with Gasteiger partial charge in [0.25, 0.3) is 0 Å². The van der Waals surface area contributed by atoms with Crippen LogP contribution < -0.4 is 5.32 Å². The number of hydrogen-bond donors (Lipinski definition) is 1. The summed E-state index contributed by atoms with van der Waals surface area (Å²) in [6.07, 6.45) is 2.63. The van der Waals surface area contributed by atoms with E-state index in [1.165, 1.54) is 23.3 Å². The van der Waals surface area contributed by atoms with Crippen LogP contribution in [0.25, 0.3) is 10.6 Å². The molecule has 1 aliphatic rings. The van der Waals surface area contributed by atoms with Crippen LogP contribution in [-0.4, -0.2) is 6.04 Å². The van der Waals surface area contributed by atoms with Crippen molar-refractivity contribution in [3.8, 4) is 10.6 Å². The second kappa shape index (κ2) is 4.07. The molecule has 2 heterocycles. The highest BCUT2D eigenvalue weighted by molar-refractivity contribution is 7.13. The van der Waals surface area contributed by atoms with Crippen molar-refractivity contribution < 1.29 is 4.42 Å². The third-order valence-corrected chi connectivity index (χ3v) is 3.92. The predicted octanol–water partition coefficient (Wildman–Crippen LogP) is 3.57. The maximum absolute atomic E-state index is 5.83. The van der Waals surface area contributed by atoms with Crippen molar-refractivity contribution in [3.63, 3.8) is 0 Å². The molecule has 0 bridgehead atoms. The van der Waals surface area contributed by atoms with Gasteiger partial charge in [-0.3, -0.25) is 0 Å². The Kier molecular flexibility index (Phi) is 2.58. The third kappa shape index (κ3) is 2.06. The van der Waals surface area contributed by atoms with Gasteiger partial charge in [-0.15, -0.1) is 11.3 Å². The molecule has 0 amide bonds. The lowest BCUT2D eigenvalue weighted by molar-refractivity contribution is 0.493. The SMILES string of the molecule is Cc1ccsc1-c1ccc(CNC2CC2)o1. The zero-order valence-electron chi connectivity index (χ0n) is 9.32. The first-order chi connectivity index (χ1) is 7.83. The lowest BCUT2D eigenvalue weighted by atomic mass is 10.2. The molecule has 0 saturated heterocycles. The van der Waals surface area contributed by atoms with Crippen molar-refractivity contribution in [1.29, 1.82) is 0 Å². The van der Waals surface area contributed by atoms with E-state index in [2.05, 4.69) is 35.8 Å². The zero-order valence-corrected chi connectivity index (χ0v) is 10.1. The monoisotopic (exact) mass is 233 g/mol. The Bertz CT molecular complexity index is 482. The first kappa shape index (κ1) is 10.1. The Morgan fingerprint density at radius 3 is 2.94 bits per heavy atom. The van der Waals surface area contributed by atoms with Gasteiger partial charge in [-0.25, -0.2) is 0 Å². The number of nitrogens with one attached hydrogen (secondary N) is 1. The average Bonchev–Trinajstić information content (AvgIpc) is 2.82. The first-order valence-electron chi connectivity index (χ1n) is 5.69. The predicted molar refractivity (Wildman–Crippen MR) is 66.6 cm³/mol. The largest absolute Gasteiger partial charge is 0.459 e. The topological polar surface area (TPSA) is 25.2 Å². The fourth-order valence-corrected chi connectivity index (χ4v) is 2.64. The van der Waals surface area contributed by atoms with Gasteiger partial charge in [-0.2, -0.15) is 0 Å². The van der Waals surface area contributed by atoms with Crippen molar-refractivity contribution >= 4 is 11.3 Å². The maximum atomic E-state index is 5.83. The molecule has 3 heteroatoms. The summed E-state index contributed by atoms with van der Waals surface area (Å²) in [6.45, 7) is 2.98. The van der Waals surface area contributed by atoms with E-state index >= 15 is 0 Å². The van der Waals surface area contributed by atoms with Crippen LogP contribution in [0, 0.1) is 6.92 Å². The molecule has 2 aromatic heterocycles. The summed E-state index contributed by atoms with van der Waals surface area (Å²) in [5, 5.41) is 5.56. The molecule has 0 radical (unpaired) electrons. The molecular formula is C13H15NOS. The quantitative estimate of drug-likeness (QED) is 0.873. The second-order valence-electron chi connectivity index (χ2n) is 4.35. The Morgan fingerprint density at radius 1 is 1.38 bits per heavy atom. The van der Waals surface area contributed by atoms with Crippen molar-refractivity contribution in [2.24, 2.45) is 0 Å². The minimum absolute atomic E-state index is 0.733. The van der Waals surface area contributed by atoms with Gasteiger partial charge in [-0.05, 0) is 48.9 Å². The average molecular weight is 233 g/mol. The summed E-state index contributed by atoms with van der Waals surface area (Å²) in [7, 11) is 0. The molecule has 1 N–H and O–H groups in total. The minimum Gasteiger partial charge on any atom is -0.459 e. The van der Waals surface area contributed by atoms with E-state index in [0.29, 0.717) is 0 Å². The van der Waals surface area contributed by atoms with E-state index in [4.69, 9.17) is 4.42 Å². The summed E-state index contributed by atoms with van der Waals surface area (Å²) in [5.74, 6) is 2.04. The zero-order chi connectivity index (χ0) is 11.0. The molecule has 1 fully saturated rings. The van der Waals surface area contributed by atoms with Gasteiger partial charge in [0.15, 0.2) is 0 Å². The normalized spacial score (nSPS) is 15.6. The van der Waals surface area contributed by atoms with Crippen molar-refractivity contribution in [2.75, 3.05) is 0 Å². The Morgan fingerprint density at radius 2 is 2.25 bits per heavy atom. The standard InChI is InChI=1S/C13H15NOS/c1-9-6-7-16-13(9)12-5-4-11(15-12)8-14-10-2-3-10/h4-7,10,14H,2-3,8H2,1H3. The molecule has 0 aliphatic heterocycles. The Hall–Kier alpha value is -1.06. The molecule has 16 heavy (non-hydrogen) atoms. The van der Waals surface area contributed by atoms with Crippen LogP contribution in [0.4, 0.5) is 0 Å². The summed E-state index contributed by atoms with van der Waals surface area (Å²) in [4.78, 5) is 1.25. The number of hydrogen-bond acceptors (Lipinski definition) is 3. The van der Waals surface area contributed by atoms with Crippen molar-refractivity contribution in [2.45, 2.75) is 32.4 Å². The molecule has 84 valence electrons. The van der Waals surface area contributed by atoms with Crippen LogP contribution >= 0.6 is 11.3 Å². The number of thiophene rings is 1. The Labute approximate surface area is 99.3 Å². The summed E-state index contributed by atoms with van der Waals surface area (Å²) < 4.78 is 5.83. The highest BCUT2D eigenvalue weighted by atomic mass is 32.1. The highest BCUT2D eigenvalue weighted by Crippen LogP contribution is 2.30. The van der Waals surface area contributed by atoms with Crippen molar-refractivity contribution in [3.05, 3.63) is 34.9 Å². The second-order valence-corrected chi connectivity index (χ2v) is 5.27. The molecule has 0 atom stereocenters. The molecule has 3 rings (SSSR count). The molecule has 2 nitrogen and oxygen atoms in total. The van der Waals surface area contributed by atoms with Gasteiger partial charge in [0.05, 0.1) is 11.4 Å². The van der Waals surface area contributed by atoms with Crippen LogP contribution in [0.2, 0.25) is 0 Å². The van der Waals surface area contributed by atoms with E-state index in [1.54, 1.807) is 11.3 Å². The van der Waals surface area contributed by atoms with Crippen LogP contribution in [0.15, 0.2) is 28.0 Å². The first-order valence-corrected chi connectivity index (χ1v) is 6.57. The lowest BCUT2D eigenvalue weighted by Gasteiger charge is -1.98. The van der Waals surface area contributed by atoms with E-state index in [1.807, 2.05) is 0 Å². The van der Waals surface area contributed by atoms with Gasteiger partial charge in [-0.1, -0.05) is 0 Å². The Balaban J connectivity index is 1.74. The van der Waals surface area contributed by atoms with Crippen LogP contribution in [0.5, 0.6) is 0 Å². The minimum atomic E-state index is 0.733. The number of furan rings is 1. The van der Waals surface area contributed by atoms with Crippen LogP contribution in [0.3, 0.4) is 0 Å². The number of rotatable bonds is 4. The fraction of sp³-hybridized carbons (Fsp3) is 0.385. The summed E-state index contributed by atoms with van der Waals surface area (Å²) >= 11 is 1.74. The van der Waals surface area contributed by atoms with Gasteiger partial charge < -0.3 is 9.73 Å². The van der Waals surface area contributed by atoms with Crippen molar-refractivity contribution in [1.82, 2.24) is 5.32 Å². The van der Waals surface area contributed by atoms with Gasteiger partial charge in [0.1, 0.15) is 11.5 Å². The van der Waals surface area contributed by atoms with Crippen LogP contribution in [0.1, 0.15) is 24.2 Å². The highest BCUT2D eigenvalue weighted by Gasteiger charge is 2.20. The maximum Gasteiger partial charge on any atom is 0.144 e. The van der Waals surface area contributed by atoms with E-state index in [9.17, 15) is 0 Å². The molecule has 1 saturated carbocycles. The molecule has 0 aromatic carbocycles. The van der Waals surface area contributed by atoms with Gasteiger partial charge in [0.2, 0.25) is 0 Å². The van der Waals surface area contributed by atoms with Gasteiger partial charge in [0, 0.05) is 6.04 Å². The third-order valence-electron chi connectivity index (χ3n) is 2.89. The molecular weight excluding hydrogens is 218 g/mol. The lowest BCUT2D eigenvalue weighted by Crippen LogP contribution is -2.14. The van der Waals surface area contributed by atoms with E-state index in [0.717, 1.165) is 24.1 Å². The van der Waals surface area contributed by atoms with E-state index in [-0.39, 0.29) is 0 Å². The molecule has 2 aromatic rings.